The molecule has 1 aliphatic rings. The van der Waals surface area contributed by atoms with Crippen molar-refractivity contribution in [3.8, 4) is 5.75 Å². The highest BCUT2D eigenvalue weighted by Crippen LogP contribution is 2.29. The SMILES string of the molecule is COc1cc(C(=O)N2CCNCC2)ccc1Nc1ncc2cccc(C)c2n1. The van der Waals surface area contributed by atoms with Gasteiger partial charge in [-0.05, 0) is 30.7 Å². The van der Waals surface area contributed by atoms with E-state index in [9.17, 15) is 4.79 Å². The first-order valence-electron chi connectivity index (χ1n) is 9.33. The van der Waals surface area contributed by atoms with Crippen LogP contribution in [0.1, 0.15) is 15.9 Å². The van der Waals surface area contributed by atoms with Crippen LogP contribution in [-0.2, 0) is 0 Å². The maximum absolute atomic E-state index is 12.7. The number of fused-ring (bicyclic) bond motifs is 1. The number of aromatic nitrogens is 2. The van der Waals surface area contributed by atoms with Gasteiger partial charge in [-0.1, -0.05) is 18.2 Å². The zero-order chi connectivity index (χ0) is 19.5. The molecule has 1 fully saturated rings. The first-order chi connectivity index (χ1) is 13.7. The van der Waals surface area contributed by atoms with Crippen LogP contribution in [0, 0.1) is 6.92 Å². The lowest BCUT2D eigenvalue weighted by Crippen LogP contribution is -2.46. The smallest absolute Gasteiger partial charge is 0.254 e. The molecule has 0 spiro atoms. The number of benzene rings is 2. The summed E-state index contributed by atoms with van der Waals surface area (Å²) in [6.07, 6.45) is 1.80. The van der Waals surface area contributed by atoms with E-state index >= 15 is 0 Å². The van der Waals surface area contributed by atoms with E-state index in [2.05, 4.69) is 20.6 Å². The fraction of sp³-hybridized carbons (Fsp3) is 0.286. The molecule has 1 amide bonds. The van der Waals surface area contributed by atoms with Gasteiger partial charge in [-0.3, -0.25) is 4.79 Å². The Morgan fingerprint density at radius 2 is 2.04 bits per heavy atom. The Morgan fingerprint density at radius 1 is 1.21 bits per heavy atom. The topological polar surface area (TPSA) is 79.4 Å². The molecule has 1 saturated heterocycles. The van der Waals surface area contributed by atoms with Gasteiger partial charge in [0, 0.05) is 43.3 Å². The summed E-state index contributed by atoms with van der Waals surface area (Å²) in [5, 5.41) is 7.46. The number of ether oxygens (including phenoxy) is 1. The molecule has 0 atom stereocenters. The molecule has 2 N–H and O–H groups in total. The minimum Gasteiger partial charge on any atom is -0.495 e. The summed E-state index contributed by atoms with van der Waals surface area (Å²) in [5.74, 6) is 1.08. The molecule has 0 radical (unpaired) electrons. The number of amides is 1. The van der Waals surface area contributed by atoms with Crippen LogP contribution in [0.4, 0.5) is 11.6 Å². The number of nitrogens with one attached hydrogen (secondary N) is 2. The number of hydrogen-bond donors (Lipinski definition) is 2. The number of nitrogens with zero attached hydrogens (tertiary/aromatic N) is 3. The standard InChI is InChI=1S/C21H23N5O2/c1-14-4-3-5-16-13-23-21(25-19(14)16)24-17-7-6-15(12-18(17)28-2)20(27)26-10-8-22-9-11-26/h3-7,12-13,22H,8-11H2,1-2H3,(H,23,24,25). The molecule has 0 bridgehead atoms. The van der Waals surface area contributed by atoms with Crippen molar-refractivity contribution in [1.29, 1.82) is 0 Å². The lowest BCUT2D eigenvalue weighted by molar-refractivity contribution is 0.0735. The van der Waals surface area contributed by atoms with Crippen LogP contribution in [0.5, 0.6) is 5.75 Å². The summed E-state index contributed by atoms with van der Waals surface area (Å²) >= 11 is 0. The minimum atomic E-state index is 0.0175. The quantitative estimate of drug-likeness (QED) is 0.728. The molecule has 0 aliphatic carbocycles. The Hall–Kier alpha value is -3.19. The number of para-hydroxylation sites is 1. The summed E-state index contributed by atoms with van der Waals surface area (Å²) in [7, 11) is 1.59. The van der Waals surface area contributed by atoms with Crippen molar-refractivity contribution in [3.63, 3.8) is 0 Å². The Kier molecular flexibility index (Phi) is 5.08. The average molecular weight is 377 g/mol. The summed E-state index contributed by atoms with van der Waals surface area (Å²) < 4.78 is 5.51. The van der Waals surface area contributed by atoms with Gasteiger partial charge in [-0.2, -0.15) is 0 Å². The number of carbonyl (C=O) groups excluding carboxylic acids is 1. The van der Waals surface area contributed by atoms with Gasteiger partial charge in [0.25, 0.3) is 5.91 Å². The Morgan fingerprint density at radius 3 is 2.82 bits per heavy atom. The third-order valence-corrected chi connectivity index (χ3v) is 4.91. The van der Waals surface area contributed by atoms with E-state index in [4.69, 9.17) is 4.74 Å². The Balaban J connectivity index is 1.59. The fourth-order valence-corrected chi connectivity index (χ4v) is 3.36. The van der Waals surface area contributed by atoms with E-state index in [0.717, 1.165) is 29.6 Å². The van der Waals surface area contributed by atoms with E-state index in [1.54, 1.807) is 19.4 Å². The van der Waals surface area contributed by atoms with Crippen LogP contribution in [-0.4, -0.2) is 54.1 Å². The molecule has 28 heavy (non-hydrogen) atoms. The van der Waals surface area contributed by atoms with Crippen molar-refractivity contribution in [2.75, 3.05) is 38.6 Å². The average Bonchev–Trinajstić information content (AvgIpc) is 2.75. The van der Waals surface area contributed by atoms with Crippen LogP contribution in [0.15, 0.2) is 42.6 Å². The highest BCUT2D eigenvalue weighted by Gasteiger charge is 2.19. The second kappa shape index (κ2) is 7.82. The highest BCUT2D eigenvalue weighted by molar-refractivity contribution is 5.95. The summed E-state index contributed by atoms with van der Waals surface area (Å²) in [6, 6.07) is 11.4. The third-order valence-electron chi connectivity index (χ3n) is 4.91. The molecule has 3 aromatic rings. The molecule has 2 aromatic carbocycles. The lowest BCUT2D eigenvalue weighted by Gasteiger charge is -2.27. The number of carbonyl (C=O) groups is 1. The van der Waals surface area contributed by atoms with Gasteiger partial charge in [-0.25, -0.2) is 9.97 Å². The summed E-state index contributed by atoms with van der Waals surface area (Å²) in [5.41, 5.74) is 3.32. The zero-order valence-electron chi connectivity index (χ0n) is 16.0. The van der Waals surface area contributed by atoms with Crippen LogP contribution in [0.25, 0.3) is 10.9 Å². The van der Waals surface area contributed by atoms with Gasteiger partial charge in [0.1, 0.15) is 5.75 Å². The van der Waals surface area contributed by atoms with Gasteiger partial charge in [0.2, 0.25) is 5.95 Å². The number of methoxy groups -OCH3 is 1. The predicted molar refractivity (Wildman–Crippen MR) is 109 cm³/mol. The molecule has 0 unspecified atom stereocenters. The molecular formula is C21H23N5O2. The van der Waals surface area contributed by atoms with Crippen LogP contribution in [0.2, 0.25) is 0 Å². The second-order valence-corrected chi connectivity index (χ2v) is 6.79. The van der Waals surface area contributed by atoms with Crippen molar-refractivity contribution >= 4 is 28.4 Å². The molecular weight excluding hydrogens is 354 g/mol. The van der Waals surface area contributed by atoms with Gasteiger partial charge in [0.05, 0.1) is 18.3 Å². The van der Waals surface area contributed by atoms with Crippen molar-refractivity contribution < 1.29 is 9.53 Å². The Bertz CT molecular complexity index is 1010. The third kappa shape index (κ3) is 3.61. The fourth-order valence-electron chi connectivity index (χ4n) is 3.36. The second-order valence-electron chi connectivity index (χ2n) is 6.79. The van der Waals surface area contributed by atoms with Gasteiger partial charge in [0.15, 0.2) is 0 Å². The lowest BCUT2D eigenvalue weighted by atomic mass is 10.1. The number of anilines is 2. The van der Waals surface area contributed by atoms with Gasteiger partial charge in [-0.15, -0.1) is 0 Å². The maximum Gasteiger partial charge on any atom is 0.254 e. The minimum absolute atomic E-state index is 0.0175. The molecule has 144 valence electrons. The predicted octanol–water partition coefficient (Wildman–Crippen LogP) is 2.74. The van der Waals surface area contributed by atoms with E-state index in [1.807, 2.05) is 42.2 Å². The monoisotopic (exact) mass is 377 g/mol. The van der Waals surface area contributed by atoms with E-state index in [-0.39, 0.29) is 5.91 Å². The molecule has 0 saturated carbocycles. The molecule has 7 heteroatoms. The number of aryl methyl sites for hydroxylation is 1. The maximum atomic E-state index is 12.7. The van der Waals surface area contributed by atoms with Crippen LogP contribution >= 0.6 is 0 Å². The van der Waals surface area contributed by atoms with Gasteiger partial charge < -0.3 is 20.3 Å². The summed E-state index contributed by atoms with van der Waals surface area (Å²) in [4.78, 5) is 23.6. The highest BCUT2D eigenvalue weighted by atomic mass is 16.5. The molecule has 4 rings (SSSR count). The van der Waals surface area contributed by atoms with E-state index in [0.29, 0.717) is 36.0 Å². The van der Waals surface area contributed by atoms with Crippen molar-refractivity contribution in [2.45, 2.75) is 6.92 Å². The number of rotatable bonds is 4. The molecule has 2 heterocycles. The largest absolute Gasteiger partial charge is 0.495 e. The molecule has 1 aromatic heterocycles. The van der Waals surface area contributed by atoms with Crippen molar-refractivity contribution in [1.82, 2.24) is 20.2 Å². The van der Waals surface area contributed by atoms with Crippen LogP contribution in [0.3, 0.4) is 0 Å². The first-order valence-corrected chi connectivity index (χ1v) is 9.33. The van der Waals surface area contributed by atoms with Crippen molar-refractivity contribution in [3.05, 3.63) is 53.7 Å². The van der Waals surface area contributed by atoms with Gasteiger partial charge >= 0.3 is 0 Å². The van der Waals surface area contributed by atoms with E-state index in [1.165, 1.54) is 0 Å². The normalized spacial score (nSPS) is 14.1. The number of piperazine rings is 1. The Labute approximate surface area is 163 Å². The van der Waals surface area contributed by atoms with E-state index < -0.39 is 0 Å². The van der Waals surface area contributed by atoms with Crippen molar-refractivity contribution in [2.24, 2.45) is 0 Å². The molecule has 1 aliphatic heterocycles. The number of hydrogen-bond acceptors (Lipinski definition) is 6. The van der Waals surface area contributed by atoms with Crippen LogP contribution < -0.4 is 15.4 Å². The molecule has 7 nitrogen and oxygen atoms in total. The zero-order valence-corrected chi connectivity index (χ0v) is 16.0. The first kappa shape index (κ1) is 18.2. The summed E-state index contributed by atoms with van der Waals surface area (Å²) in [6.45, 7) is 5.09.